The Kier molecular flexibility index (Phi) is 9.11. The summed E-state index contributed by atoms with van der Waals surface area (Å²) in [5.41, 5.74) is 0. The zero-order valence-corrected chi connectivity index (χ0v) is 13.5. The summed E-state index contributed by atoms with van der Waals surface area (Å²) in [5, 5.41) is 8.98. The fourth-order valence-corrected chi connectivity index (χ4v) is 2.38. The number of ether oxygens (including phenoxy) is 2. The van der Waals surface area contributed by atoms with Crippen molar-refractivity contribution in [3.05, 3.63) is 30.3 Å². The SMILES string of the molecule is CCCCCCCCC(C)(OCCO)Oc1ccccc1. The second kappa shape index (κ2) is 10.6. The molecule has 120 valence electrons. The highest BCUT2D eigenvalue weighted by Crippen LogP contribution is 2.25. The van der Waals surface area contributed by atoms with Crippen molar-refractivity contribution in [3.63, 3.8) is 0 Å². The summed E-state index contributed by atoms with van der Waals surface area (Å²) < 4.78 is 11.7. The van der Waals surface area contributed by atoms with Gasteiger partial charge in [-0.25, -0.2) is 0 Å². The second-order valence-electron chi connectivity index (χ2n) is 5.64. The molecule has 1 unspecified atom stereocenters. The fraction of sp³-hybridized carbons (Fsp3) is 0.667. The Morgan fingerprint density at radius 2 is 1.67 bits per heavy atom. The van der Waals surface area contributed by atoms with E-state index in [-0.39, 0.29) is 6.61 Å². The van der Waals surface area contributed by atoms with Crippen LogP contribution in [-0.2, 0) is 4.74 Å². The summed E-state index contributed by atoms with van der Waals surface area (Å²) in [7, 11) is 0. The Labute approximate surface area is 129 Å². The lowest BCUT2D eigenvalue weighted by Crippen LogP contribution is -2.36. The van der Waals surface area contributed by atoms with Crippen molar-refractivity contribution in [2.75, 3.05) is 13.2 Å². The number of aliphatic hydroxyl groups excluding tert-OH is 1. The van der Waals surface area contributed by atoms with Gasteiger partial charge in [0.15, 0.2) is 0 Å². The number of hydrogen-bond donors (Lipinski definition) is 1. The van der Waals surface area contributed by atoms with Gasteiger partial charge in [0.1, 0.15) is 5.75 Å². The molecular weight excluding hydrogens is 264 g/mol. The van der Waals surface area contributed by atoms with Gasteiger partial charge in [-0.05, 0) is 18.6 Å². The molecule has 0 aliphatic heterocycles. The number of hydrogen-bond acceptors (Lipinski definition) is 3. The standard InChI is InChI=1S/C18H30O3/c1-3-4-5-6-7-11-14-18(2,20-16-15-19)21-17-12-9-8-10-13-17/h8-10,12-13,19H,3-7,11,14-16H2,1-2H3. The van der Waals surface area contributed by atoms with E-state index < -0.39 is 5.79 Å². The molecule has 0 saturated heterocycles. The summed E-state index contributed by atoms with van der Waals surface area (Å²) in [4.78, 5) is 0. The van der Waals surface area contributed by atoms with Gasteiger partial charge >= 0.3 is 0 Å². The van der Waals surface area contributed by atoms with E-state index in [1.165, 1.54) is 32.1 Å². The van der Waals surface area contributed by atoms with Crippen molar-refractivity contribution in [1.82, 2.24) is 0 Å². The summed E-state index contributed by atoms with van der Waals surface area (Å²) in [6, 6.07) is 9.73. The van der Waals surface area contributed by atoms with Crippen LogP contribution in [0.4, 0.5) is 0 Å². The number of rotatable bonds is 12. The molecular formula is C18H30O3. The molecule has 0 radical (unpaired) electrons. The molecule has 1 aromatic rings. The van der Waals surface area contributed by atoms with E-state index in [4.69, 9.17) is 14.6 Å². The van der Waals surface area contributed by atoms with Crippen molar-refractivity contribution in [1.29, 1.82) is 0 Å². The first-order chi connectivity index (χ1) is 10.2. The van der Waals surface area contributed by atoms with Crippen LogP contribution in [-0.4, -0.2) is 24.1 Å². The van der Waals surface area contributed by atoms with E-state index in [2.05, 4.69) is 6.92 Å². The lowest BCUT2D eigenvalue weighted by atomic mass is 10.1. The van der Waals surface area contributed by atoms with Gasteiger partial charge in [0.05, 0.1) is 13.2 Å². The zero-order chi connectivity index (χ0) is 15.4. The maximum absolute atomic E-state index is 8.98. The van der Waals surface area contributed by atoms with Crippen molar-refractivity contribution in [2.24, 2.45) is 0 Å². The van der Waals surface area contributed by atoms with Gasteiger partial charge in [-0.2, -0.15) is 0 Å². The minimum absolute atomic E-state index is 0.0181. The molecule has 0 bridgehead atoms. The summed E-state index contributed by atoms with van der Waals surface area (Å²) in [6.07, 6.45) is 8.30. The van der Waals surface area contributed by atoms with Gasteiger partial charge in [-0.1, -0.05) is 57.2 Å². The van der Waals surface area contributed by atoms with E-state index in [9.17, 15) is 0 Å². The van der Waals surface area contributed by atoms with E-state index >= 15 is 0 Å². The summed E-state index contributed by atoms with van der Waals surface area (Å²) in [6.45, 7) is 4.51. The van der Waals surface area contributed by atoms with Crippen molar-refractivity contribution < 1.29 is 14.6 Å². The highest BCUT2D eigenvalue weighted by Gasteiger charge is 2.26. The fourth-order valence-electron chi connectivity index (χ4n) is 2.38. The maximum atomic E-state index is 8.98. The lowest BCUT2D eigenvalue weighted by molar-refractivity contribution is -0.180. The topological polar surface area (TPSA) is 38.7 Å². The quantitative estimate of drug-likeness (QED) is 0.454. The number of unbranched alkanes of at least 4 members (excludes halogenated alkanes) is 5. The normalized spacial score (nSPS) is 13.9. The van der Waals surface area contributed by atoms with Crippen LogP contribution in [0.1, 0.15) is 58.8 Å². The minimum atomic E-state index is -0.658. The largest absolute Gasteiger partial charge is 0.463 e. The molecule has 0 fully saturated rings. The number of aliphatic hydroxyl groups is 1. The Morgan fingerprint density at radius 1 is 1.00 bits per heavy atom. The van der Waals surface area contributed by atoms with Crippen molar-refractivity contribution in [2.45, 2.75) is 64.6 Å². The lowest BCUT2D eigenvalue weighted by Gasteiger charge is -2.30. The molecule has 0 spiro atoms. The van der Waals surface area contributed by atoms with E-state index in [1.54, 1.807) is 0 Å². The van der Waals surface area contributed by atoms with Gasteiger partial charge < -0.3 is 14.6 Å². The van der Waals surface area contributed by atoms with Crippen molar-refractivity contribution >= 4 is 0 Å². The molecule has 3 nitrogen and oxygen atoms in total. The van der Waals surface area contributed by atoms with E-state index in [0.717, 1.165) is 18.6 Å². The third kappa shape index (κ3) is 8.08. The van der Waals surface area contributed by atoms with Gasteiger partial charge in [0.2, 0.25) is 5.79 Å². The average molecular weight is 294 g/mol. The second-order valence-corrected chi connectivity index (χ2v) is 5.64. The zero-order valence-electron chi connectivity index (χ0n) is 13.5. The van der Waals surface area contributed by atoms with Crippen LogP contribution in [0.3, 0.4) is 0 Å². The molecule has 0 aliphatic carbocycles. The molecule has 0 aromatic heterocycles. The Balaban J connectivity index is 2.41. The van der Waals surface area contributed by atoms with Crippen LogP contribution in [0, 0.1) is 0 Å². The Bertz CT molecular complexity index is 353. The van der Waals surface area contributed by atoms with Crippen molar-refractivity contribution in [3.8, 4) is 5.75 Å². The molecule has 1 aromatic carbocycles. The molecule has 0 heterocycles. The number of benzene rings is 1. The van der Waals surface area contributed by atoms with Crippen LogP contribution in [0.2, 0.25) is 0 Å². The van der Waals surface area contributed by atoms with E-state index in [1.807, 2.05) is 37.3 Å². The van der Waals surface area contributed by atoms with Crippen LogP contribution in [0.25, 0.3) is 0 Å². The highest BCUT2D eigenvalue weighted by molar-refractivity contribution is 5.21. The molecule has 0 amide bonds. The first-order valence-electron chi connectivity index (χ1n) is 8.19. The third-order valence-corrected chi connectivity index (χ3v) is 3.56. The molecule has 21 heavy (non-hydrogen) atoms. The summed E-state index contributed by atoms with van der Waals surface area (Å²) in [5.74, 6) is 0.151. The highest BCUT2D eigenvalue weighted by atomic mass is 16.7. The smallest absolute Gasteiger partial charge is 0.207 e. The van der Waals surface area contributed by atoms with Gasteiger partial charge in [-0.3, -0.25) is 0 Å². The molecule has 1 rings (SSSR count). The number of para-hydroxylation sites is 1. The van der Waals surface area contributed by atoms with Crippen LogP contribution in [0.15, 0.2) is 30.3 Å². The molecule has 0 aliphatic rings. The molecule has 3 heteroatoms. The van der Waals surface area contributed by atoms with Gasteiger partial charge in [-0.15, -0.1) is 0 Å². The Morgan fingerprint density at radius 3 is 2.33 bits per heavy atom. The van der Waals surface area contributed by atoms with Gasteiger partial charge in [0.25, 0.3) is 0 Å². The minimum Gasteiger partial charge on any atom is -0.463 e. The third-order valence-electron chi connectivity index (χ3n) is 3.56. The predicted molar refractivity (Wildman–Crippen MR) is 86.5 cm³/mol. The molecule has 0 saturated carbocycles. The average Bonchev–Trinajstić information content (AvgIpc) is 2.50. The monoisotopic (exact) mass is 294 g/mol. The van der Waals surface area contributed by atoms with E-state index in [0.29, 0.717) is 6.61 Å². The van der Waals surface area contributed by atoms with Gasteiger partial charge in [0, 0.05) is 13.3 Å². The maximum Gasteiger partial charge on any atom is 0.207 e. The first-order valence-corrected chi connectivity index (χ1v) is 8.19. The van der Waals surface area contributed by atoms with Crippen LogP contribution < -0.4 is 4.74 Å². The molecule has 1 N–H and O–H groups in total. The first kappa shape index (κ1) is 18.0. The van der Waals surface area contributed by atoms with Crippen LogP contribution in [0.5, 0.6) is 5.75 Å². The molecule has 1 atom stereocenters. The predicted octanol–water partition coefficient (Wildman–Crippen LogP) is 4.54. The van der Waals surface area contributed by atoms with Crippen LogP contribution >= 0.6 is 0 Å². The Hall–Kier alpha value is -1.06. The summed E-state index contributed by atoms with van der Waals surface area (Å²) >= 11 is 0.